The number of carbonyl (C=O) groups is 1. The van der Waals surface area contributed by atoms with E-state index in [1.54, 1.807) is 0 Å². The highest BCUT2D eigenvalue weighted by molar-refractivity contribution is 5.76. The maximum atomic E-state index is 12.3. The molecule has 20 heavy (non-hydrogen) atoms. The van der Waals surface area contributed by atoms with Crippen LogP contribution in [0.3, 0.4) is 0 Å². The molecule has 1 fully saturated rings. The zero-order valence-corrected chi connectivity index (χ0v) is 12.1. The van der Waals surface area contributed by atoms with Crippen molar-refractivity contribution in [3.63, 3.8) is 0 Å². The highest BCUT2D eigenvalue weighted by Gasteiger charge is 2.25. The van der Waals surface area contributed by atoms with Crippen LogP contribution < -0.4 is 0 Å². The van der Waals surface area contributed by atoms with E-state index in [1.165, 1.54) is 18.4 Å². The van der Waals surface area contributed by atoms with Crippen molar-refractivity contribution in [2.24, 2.45) is 0 Å². The van der Waals surface area contributed by atoms with E-state index >= 15 is 0 Å². The molecule has 1 aromatic carbocycles. The summed E-state index contributed by atoms with van der Waals surface area (Å²) in [5.41, 5.74) is 1.29. The highest BCUT2D eigenvalue weighted by atomic mass is 16.3. The summed E-state index contributed by atoms with van der Waals surface area (Å²) in [4.78, 5) is 14.2. The second kappa shape index (κ2) is 8.05. The fourth-order valence-electron chi connectivity index (χ4n) is 3.07. The Bertz CT molecular complexity index is 399. The Hall–Kier alpha value is -1.35. The van der Waals surface area contributed by atoms with E-state index in [2.05, 4.69) is 12.1 Å². The number of aliphatic hydroxyl groups is 1. The molecule has 0 bridgehead atoms. The van der Waals surface area contributed by atoms with Gasteiger partial charge in [-0.2, -0.15) is 0 Å². The fraction of sp³-hybridized carbons (Fsp3) is 0.588. The van der Waals surface area contributed by atoms with Gasteiger partial charge in [0.1, 0.15) is 0 Å². The zero-order chi connectivity index (χ0) is 14.2. The van der Waals surface area contributed by atoms with Crippen LogP contribution in [-0.4, -0.2) is 35.1 Å². The second-order valence-electron chi connectivity index (χ2n) is 5.59. The summed E-state index contributed by atoms with van der Waals surface area (Å²) >= 11 is 0. The van der Waals surface area contributed by atoms with Gasteiger partial charge in [0.05, 0.1) is 6.61 Å². The molecule has 1 aromatic rings. The van der Waals surface area contributed by atoms with Crippen molar-refractivity contribution in [2.45, 2.75) is 51.0 Å². The quantitative estimate of drug-likeness (QED) is 0.831. The number of amides is 1. The second-order valence-corrected chi connectivity index (χ2v) is 5.59. The molecule has 1 saturated carbocycles. The number of carbonyl (C=O) groups excluding carboxylic acids is 1. The lowest BCUT2D eigenvalue weighted by Crippen LogP contribution is -2.40. The fourth-order valence-corrected chi connectivity index (χ4v) is 3.07. The molecule has 0 unspecified atom stereocenters. The molecule has 0 atom stereocenters. The molecule has 1 aliphatic rings. The summed E-state index contributed by atoms with van der Waals surface area (Å²) < 4.78 is 0. The Morgan fingerprint density at radius 1 is 1.20 bits per heavy atom. The van der Waals surface area contributed by atoms with E-state index in [-0.39, 0.29) is 12.5 Å². The van der Waals surface area contributed by atoms with Crippen LogP contribution in [0, 0.1) is 0 Å². The smallest absolute Gasteiger partial charge is 0.222 e. The molecular formula is C17H25NO2. The lowest BCUT2D eigenvalue weighted by atomic mass is 10.1. The van der Waals surface area contributed by atoms with Crippen molar-refractivity contribution in [1.82, 2.24) is 4.90 Å². The Morgan fingerprint density at radius 2 is 1.90 bits per heavy atom. The van der Waals surface area contributed by atoms with E-state index in [1.807, 2.05) is 23.1 Å². The molecule has 0 saturated heterocycles. The number of rotatable bonds is 7. The van der Waals surface area contributed by atoms with Crippen LogP contribution in [0.15, 0.2) is 30.3 Å². The maximum Gasteiger partial charge on any atom is 0.222 e. The zero-order valence-electron chi connectivity index (χ0n) is 12.1. The third-order valence-corrected chi connectivity index (χ3v) is 4.13. The average molecular weight is 275 g/mol. The summed E-state index contributed by atoms with van der Waals surface area (Å²) in [6.45, 7) is 0.565. The normalized spacial score (nSPS) is 15.4. The number of benzene rings is 1. The van der Waals surface area contributed by atoms with Crippen molar-refractivity contribution in [1.29, 1.82) is 0 Å². The lowest BCUT2D eigenvalue weighted by molar-refractivity contribution is -0.134. The molecule has 2 rings (SSSR count). The van der Waals surface area contributed by atoms with Gasteiger partial charge in [0.15, 0.2) is 0 Å². The molecule has 0 aromatic heterocycles. The van der Waals surface area contributed by atoms with Crippen LogP contribution in [-0.2, 0) is 11.2 Å². The molecule has 3 nitrogen and oxygen atoms in total. The van der Waals surface area contributed by atoms with E-state index in [0.29, 0.717) is 19.0 Å². The topological polar surface area (TPSA) is 40.5 Å². The molecule has 1 N–H and O–H groups in total. The molecule has 0 heterocycles. The summed E-state index contributed by atoms with van der Waals surface area (Å²) in [5, 5.41) is 9.16. The minimum Gasteiger partial charge on any atom is -0.395 e. The molecule has 0 spiro atoms. The van der Waals surface area contributed by atoms with Crippen molar-refractivity contribution in [3.8, 4) is 0 Å². The van der Waals surface area contributed by atoms with Crippen molar-refractivity contribution in [2.75, 3.05) is 13.2 Å². The number of aliphatic hydroxyl groups excluding tert-OH is 1. The average Bonchev–Trinajstić information content (AvgIpc) is 2.99. The third-order valence-electron chi connectivity index (χ3n) is 4.13. The molecule has 0 radical (unpaired) electrons. The van der Waals surface area contributed by atoms with Crippen molar-refractivity contribution < 1.29 is 9.90 Å². The van der Waals surface area contributed by atoms with Gasteiger partial charge in [-0.15, -0.1) is 0 Å². The third kappa shape index (κ3) is 4.34. The van der Waals surface area contributed by atoms with Crippen LogP contribution in [0.5, 0.6) is 0 Å². The minimum absolute atomic E-state index is 0.0704. The first-order chi connectivity index (χ1) is 9.81. The lowest BCUT2D eigenvalue weighted by Gasteiger charge is -2.28. The molecular weight excluding hydrogens is 250 g/mol. The van der Waals surface area contributed by atoms with Crippen LogP contribution >= 0.6 is 0 Å². The van der Waals surface area contributed by atoms with Gasteiger partial charge in [-0.25, -0.2) is 0 Å². The van der Waals surface area contributed by atoms with Crippen LogP contribution in [0.25, 0.3) is 0 Å². The van der Waals surface area contributed by atoms with Gasteiger partial charge in [-0.05, 0) is 31.2 Å². The Balaban J connectivity index is 1.79. The van der Waals surface area contributed by atoms with Gasteiger partial charge in [-0.1, -0.05) is 43.2 Å². The van der Waals surface area contributed by atoms with Crippen LogP contribution in [0.1, 0.15) is 44.1 Å². The van der Waals surface area contributed by atoms with Gasteiger partial charge in [0.2, 0.25) is 5.91 Å². The van der Waals surface area contributed by atoms with E-state index in [9.17, 15) is 4.79 Å². The first-order valence-electron chi connectivity index (χ1n) is 7.75. The van der Waals surface area contributed by atoms with E-state index < -0.39 is 0 Å². The highest BCUT2D eigenvalue weighted by Crippen LogP contribution is 2.24. The molecule has 1 aliphatic carbocycles. The van der Waals surface area contributed by atoms with Crippen molar-refractivity contribution in [3.05, 3.63) is 35.9 Å². The van der Waals surface area contributed by atoms with Crippen LogP contribution in [0.2, 0.25) is 0 Å². The largest absolute Gasteiger partial charge is 0.395 e. The minimum atomic E-state index is 0.0704. The number of aryl methyl sites for hydroxylation is 1. The summed E-state index contributed by atoms with van der Waals surface area (Å²) in [6.07, 6.45) is 7.05. The standard InChI is InChI=1S/C17H25NO2/c19-14-13-18(16-10-4-5-11-16)17(20)12-6-9-15-7-2-1-3-8-15/h1-3,7-8,16,19H,4-6,9-14H2. The number of nitrogens with zero attached hydrogens (tertiary/aromatic N) is 1. The summed E-state index contributed by atoms with van der Waals surface area (Å²) in [5.74, 6) is 0.210. The monoisotopic (exact) mass is 275 g/mol. The molecule has 110 valence electrons. The van der Waals surface area contributed by atoms with Gasteiger partial charge in [-0.3, -0.25) is 4.79 Å². The van der Waals surface area contributed by atoms with Crippen LogP contribution in [0.4, 0.5) is 0 Å². The summed E-state index contributed by atoms with van der Waals surface area (Å²) in [7, 11) is 0. The first-order valence-corrected chi connectivity index (χ1v) is 7.75. The van der Waals surface area contributed by atoms with E-state index in [4.69, 9.17) is 5.11 Å². The van der Waals surface area contributed by atoms with E-state index in [0.717, 1.165) is 25.7 Å². The molecule has 3 heteroatoms. The number of hydrogen-bond donors (Lipinski definition) is 1. The first kappa shape index (κ1) is 15.0. The van der Waals surface area contributed by atoms with Gasteiger partial charge < -0.3 is 10.0 Å². The van der Waals surface area contributed by atoms with Gasteiger partial charge in [0.25, 0.3) is 0 Å². The predicted molar refractivity (Wildman–Crippen MR) is 80.4 cm³/mol. The van der Waals surface area contributed by atoms with Gasteiger partial charge >= 0.3 is 0 Å². The molecule has 0 aliphatic heterocycles. The maximum absolute atomic E-state index is 12.3. The predicted octanol–water partition coefficient (Wildman–Crippen LogP) is 2.77. The molecule has 1 amide bonds. The Kier molecular flexibility index (Phi) is 6.06. The number of hydrogen-bond acceptors (Lipinski definition) is 2. The summed E-state index contributed by atoms with van der Waals surface area (Å²) in [6, 6.07) is 10.7. The van der Waals surface area contributed by atoms with Crippen molar-refractivity contribution >= 4 is 5.91 Å². The Morgan fingerprint density at radius 3 is 2.55 bits per heavy atom. The SMILES string of the molecule is O=C(CCCc1ccccc1)N(CCO)C1CCCC1. The Labute approximate surface area is 121 Å². The van der Waals surface area contributed by atoms with Gasteiger partial charge in [0, 0.05) is 19.0 Å².